The van der Waals surface area contributed by atoms with Gasteiger partial charge in [-0.1, -0.05) is 6.92 Å². The van der Waals surface area contributed by atoms with Crippen molar-refractivity contribution in [2.45, 2.75) is 37.5 Å². The predicted octanol–water partition coefficient (Wildman–Crippen LogP) is 3.47. The quantitative estimate of drug-likeness (QED) is 0.647. The van der Waals surface area contributed by atoms with Crippen molar-refractivity contribution in [1.82, 2.24) is 0 Å². The third-order valence-electron chi connectivity index (χ3n) is 5.17. The van der Waals surface area contributed by atoms with E-state index in [-0.39, 0.29) is 17.1 Å². The summed E-state index contributed by atoms with van der Waals surface area (Å²) in [7, 11) is -0.808. The van der Waals surface area contributed by atoms with Crippen LogP contribution in [0.3, 0.4) is 0 Å². The number of sulfone groups is 1. The zero-order valence-electron chi connectivity index (χ0n) is 17.2. The van der Waals surface area contributed by atoms with Gasteiger partial charge in [-0.15, -0.1) is 11.3 Å². The average molecular weight is 452 g/mol. The summed E-state index contributed by atoms with van der Waals surface area (Å²) < 4.78 is 35.0. The normalized spacial score (nSPS) is 15.9. The Morgan fingerprint density at radius 2 is 1.90 bits per heavy atom. The fraction of sp³-hybridized carbons (Fsp3) is 0.429. The third kappa shape index (κ3) is 4.84. The van der Waals surface area contributed by atoms with Crippen LogP contribution in [0.4, 0.5) is 5.00 Å². The Kier molecular flexibility index (Phi) is 6.82. The lowest BCUT2D eigenvalue weighted by Crippen LogP contribution is -2.19. The van der Waals surface area contributed by atoms with Gasteiger partial charge >= 0.3 is 5.97 Å². The number of anilines is 1. The molecule has 1 aliphatic carbocycles. The maximum absolute atomic E-state index is 12.5. The van der Waals surface area contributed by atoms with Gasteiger partial charge in [0, 0.05) is 11.3 Å². The molecule has 1 amide bonds. The van der Waals surface area contributed by atoms with E-state index in [2.05, 4.69) is 12.2 Å². The summed E-state index contributed by atoms with van der Waals surface area (Å²) in [5.41, 5.74) is 1.34. The van der Waals surface area contributed by atoms with Gasteiger partial charge in [-0.2, -0.15) is 0 Å². The van der Waals surface area contributed by atoms with Crippen molar-refractivity contribution in [3.05, 3.63) is 40.3 Å². The van der Waals surface area contributed by atoms with E-state index >= 15 is 0 Å². The Labute approximate surface area is 180 Å². The van der Waals surface area contributed by atoms with Gasteiger partial charge < -0.3 is 14.8 Å². The number of methoxy groups -OCH3 is 2. The molecule has 1 aliphatic rings. The first kappa shape index (κ1) is 22.3. The summed E-state index contributed by atoms with van der Waals surface area (Å²) in [6.45, 7) is 2.16. The van der Waals surface area contributed by atoms with Crippen molar-refractivity contribution in [2.24, 2.45) is 5.92 Å². The Balaban J connectivity index is 1.72. The van der Waals surface area contributed by atoms with Crippen molar-refractivity contribution in [2.75, 3.05) is 25.3 Å². The smallest absolute Gasteiger partial charge is 0.341 e. The highest BCUT2D eigenvalue weighted by atomic mass is 32.2. The molecule has 0 saturated carbocycles. The van der Waals surface area contributed by atoms with Crippen LogP contribution in [-0.4, -0.2) is 40.3 Å². The maximum atomic E-state index is 12.5. The standard InChI is InChI=1S/C21H25NO6S2/c1-13-4-9-16-17(12-13)29-20(19(16)21(24)28-3)22-18(23)10-11-30(25,26)15-7-5-14(27-2)6-8-15/h5-8,13H,4,9-12H2,1-3H3,(H,22,23). The highest BCUT2D eigenvalue weighted by molar-refractivity contribution is 7.91. The summed E-state index contributed by atoms with van der Waals surface area (Å²) in [6.07, 6.45) is 2.38. The highest BCUT2D eigenvalue weighted by Crippen LogP contribution is 2.40. The van der Waals surface area contributed by atoms with Crippen molar-refractivity contribution in [3.8, 4) is 5.75 Å². The van der Waals surface area contributed by atoms with E-state index in [0.717, 1.165) is 29.7 Å². The average Bonchev–Trinajstić information content (AvgIpc) is 3.08. The zero-order valence-corrected chi connectivity index (χ0v) is 18.8. The number of fused-ring (bicyclic) bond motifs is 1. The van der Waals surface area contributed by atoms with E-state index in [1.807, 2.05) is 0 Å². The van der Waals surface area contributed by atoms with Gasteiger partial charge in [-0.3, -0.25) is 4.79 Å². The number of amides is 1. The second-order valence-electron chi connectivity index (χ2n) is 7.34. The molecule has 0 aliphatic heterocycles. The minimum Gasteiger partial charge on any atom is -0.497 e. The van der Waals surface area contributed by atoms with Crippen LogP contribution >= 0.6 is 11.3 Å². The van der Waals surface area contributed by atoms with Crippen LogP contribution in [0.15, 0.2) is 29.2 Å². The molecule has 1 heterocycles. The van der Waals surface area contributed by atoms with Crippen molar-refractivity contribution in [1.29, 1.82) is 0 Å². The molecule has 30 heavy (non-hydrogen) atoms. The summed E-state index contributed by atoms with van der Waals surface area (Å²) in [6, 6.07) is 6.03. The topological polar surface area (TPSA) is 98.8 Å². The van der Waals surface area contributed by atoms with E-state index in [4.69, 9.17) is 9.47 Å². The van der Waals surface area contributed by atoms with E-state index in [0.29, 0.717) is 22.2 Å². The van der Waals surface area contributed by atoms with E-state index in [1.165, 1.54) is 37.7 Å². The number of carbonyl (C=O) groups is 2. The number of thiophene rings is 1. The second-order valence-corrected chi connectivity index (χ2v) is 10.6. The summed E-state index contributed by atoms with van der Waals surface area (Å²) >= 11 is 1.38. The lowest BCUT2D eigenvalue weighted by Gasteiger charge is -2.18. The molecule has 0 saturated heterocycles. The van der Waals surface area contributed by atoms with Crippen LogP contribution in [-0.2, 0) is 32.2 Å². The van der Waals surface area contributed by atoms with Crippen molar-refractivity contribution in [3.63, 3.8) is 0 Å². The molecule has 0 bridgehead atoms. The highest BCUT2D eigenvalue weighted by Gasteiger charge is 2.29. The van der Waals surface area contributed by atoms with Crippen molar-refractivity contribution < 1.29 is 27.5 Å². The zero-order chi connectivity index (χ0) is 21.9. The molecule has 7 nitrogen and oxygen atoms in total. The monoisotopic (exact) mass is 451 g/mol. The molecule has 3 rings (SSSR count). The number of nitrogens with one attached hydrogen (secondary N) is 1. The molecular formula is C21H25NO6S2. The van der Waals surface area contributed by atoms with Gasteiger partial charge in [0.05, 0.1) is 30.4 Å². The summed E-state index contributed by atoms with van der Waals surface area (Å²) in [4.78, 5) is 26.0. The fourth-order valence-corrected chi connectivity index (χ4v) is 6.13. The van der Waals surface area contributed by atoms with Gasteiger partial charge in [0.1, 0.15) is 10.8 Å². The molecule has 0 radical (unpaired) electrons. The lowest BCUT2D eigenvalue weighted by atomic mass is 9.88. The van der Waals surface area contributed by atoms with Crippen LogP contribution in [0.2, 0.25) is 0 Å². The van der Waals surface area contributed by atoms with E-state index in [1.54, 1.807) is 12.1 Å². The number of esters is 1. The van der Waals surface area contributed by atoms with Gasteiger partial charge in [-0.25, -0.2) is 13.2 Å². The van der Waals surface area contributed by atoms with Gasteiger partial charge in [0.15, 0.2) is 9.84 Å². The van der Waals surface area contributed by atoms with Crippen LogP contribution in [0.1, 0.15) is 40.6 Å². The SMILES string of the molecule is COC(=O)c1c(NC(=O)CCS(=O)(=O)c2ccc(OC)cc2)sc2c1CCC(C)C2. The molecule has 1 atom stereocenters. The fourth-order valence-electron chi connectivity index (χ4n) is 3.47. The first-order valence-electron chi connectivity index (χ1n) is 9.64. The Bertz CT molecular complexity index is 1040. The second kappa shape index (κ2) is 9.18. The molecule has 0 fully saturated rings. The largest absolute Gasteiger partial charge is 0.497 e. The lowest BCUT2D eigenvalue weighted by molar-refractivity contribution is -0.115. The molecule has 1 aromatic heterocycles. The summed E-state index contributed by atoms with van der Waals surface area (Å²) in [5.74, 6) is -0.203. The van der Waals surface area contributed by atoms with Crippen LogP contribution in [0, 0.1) is 5.92 Å². The number of hydrogen-bond acceptors (Lipinski definition) is 7. The maximum Gasteiger partial charge on any atom is 0.341 e. The molecule has 1 N–H and O–H groups in total. The van der Waals surface area contributed by atoms with E-state index < -0.39 is 21.7 Å². The Hall–Kier alpha value is -2.39. The van der Waals surface area contributed by atoms with Gasteiger partial charge in [0.2, 0.25) is 5.91 Å². The van der Waals surface area contributed by atoms with Gasteiger partial charge in [0.25, 0.3) is 0 Å². The van der Waals surface area contributed by atoms with Gasteiger partial charge in [-0.05, 0) is 55.0 Å². The molecule has 1 unspecified atom stereocenters. The van der Waals surface area contributed by atoms with Crippen molar-refractivity contribution >= 4 is 38.1 Å². The summed E-state index contributed by atoms with van der Waals surface area (Å²) in [5, 5.41) is 3.17. The predicted molar refractivity (Wildman–Crippen MR) is 115 cm³/mol. The molecule has 2 aromatic rings. The number of hydrogen-bond donors (Lipinski definition) is 1. The number of rotatable bonds is 7. The molecule has 0 spiro atoms. The molecule has 1 aromatic carbocycles. The first-order valence-corrected chi connectivity index (χ1v) is 12.1. The number of carbonyl (C=O) groups excluding carboxylic acids is 2. The molecular weight excluding hydrogens is 426 g/mol. The Morgan fingerprint density at radius 3 is 2.53 bits per heavy atom. The Morgan fingerprint density at radius 1 is 1.20 bits per heavy atom. The molecule has 9 heteroatoms. The van der Waals surface area contributed by atoms with Crippen LogP contribution < -0.4 is 10.1 Å². The van der Waals surface area contributed by atoms with E-state index in [9.17, 15) is 18.0 Å². The first-order chi connectivity index (χ1) is 14.2. The number of benzene rings is 1. The van der Waals surface area contributed by atoms with Crippen LogP contribution in [0.5, 0.6) is 5.75 Å². The van der Waals surface area contributed by atoms with Crippen LogP contribution in [0.25, 0.3) is 0 Å². The minimum atomic E-state index is -3.62. The number of ether oxygens (including phenoxy) is 2. The molecule has 162 valence electrons. The third-order valence-corrected chi connectivity index (χ3v) is 8.07. The minimum absolute atomic E-state index is 0.131.